The van der Waals surface area contributed by atoms with E-state index in [9.17, 15) is 14.4 Å². The Balaban J connectivity index is 0. The number of carbonyl (C=O) groups is 3. The number of hydrogen-bond acceptors (Lipinski definition) is 7. The molecule has 0 spiro atoms. The zero-order valence-electron chi connectivity index (χ0n) is 9.81. The Bertz CT molecular complexity index is 380. The van der Waals surface area contributed by atoms with Crippen molar-refractivity contribution in [3.63, 3.8) is 0 Å². The molecule has 1 unspecified atom stereocenters. The summed E-state index contributed by atoms with van der Waals surface area (Å²) in [5.74, 6) is -2.00. The van der Waals surface area contributed by atoms with Crippen molar-refractivity contribution in [2.24, 2.45) is 0 Å². The summed E-state index contributed by atoms with van der Waals surface area (Å²) < 4.78 is 27.1. The summed E-state index contributed by atoms with van der Waals surface area (Å²) in [5.41, 5.74) is 0. The number of Topliss-reactive ketones (excluding diaryl/α,β-unsaturated/α-hetero) is 1. The second kappa shape index (κ2) is 9.12. The van der Waals surface area contributed by atoms with Gasteiger partial charge in [0.25, 0.3) is 6.10 Å². The Hall–Kier alpha value is -0.860. The number of esters is 2. The van der Waals surface area contributed by atoms with Crippen molar-refractivity contribution >= 4 is 47.4 Å². The van der Waals surface area contributed by atoms with Crippen LogP contribution in [0.3, 0.4) is 0 Å². The minimum Gasteiger partial charge on any atom is -0.466 e. The maximum Gasteiger partial charge on any atom is 0.355 e. The van der Waals surface area contributed by atoms with E-state index >= 15 is 0 Å². The van der Waals surface area contributed by atoms with E-state index in [-0.39, 0.29) is 6.42 Å². The molecule has 18 heavy (non-hydrogen) atoms. The van der Waals surface area contributed by atoms with Crippen LogP contribution in [0.5, 0.6) is 0 Å². The van der Waals surface area contributed by atoms with Gasteiger partial charge in [0.15, 0.2) is 5.78 Å². The zero-order chi connectivity index (χ0) is 14.9. The molecule has 0 saturated carbocycles. The number of hydrogen-bond donors (Lipinski definition) is 0. The van der Waals surface area contributed by atoms with Crippen LogP contribution >= 0.6 is 21.4 Å². The summed E-state index contributed by atoms with van der Waals surface area (Å²) >= 11 is 0. The fourth-order valence-corrected chi connectivity index (χ4v) is 0.704. The molecule has 0 aliphatic carbocycles. The third-order valence-electron chi connectivity index (χ3n) is 1.34. The van der Waals surface area contributed by atoms with Crippen molar-refractivity contribution in [2.45, 2.75) is 26.4 Å². The third kappa shape index (κ3) is 13.2. The van der Waals surface area contributed by atoms with Crippen molar-refractivity contribution in [2.75, 3.05) is 7.11 Å². The molecular weight excluding hydrogens is 311 g/mol. The van der Waals surface area contributed by atoms with Gasteiger partial charge in [0, 0.05) is 34.7 Å². The molecule has 0 saturated heterocycles. The largest absolute Gasteiger partial charge is 0.466 e. The molecule has 1 atom stereocenters. The van der Waals surface area contributed by atoms with Gasteiger partial charge in [-0.25, -0.2) is 4.79 Å². The highest BCUT2D eigenvalue weighted by molar-refractivity contribution is 8.31. The average Bonchev–Trinajstić information content (AvgIpc) is 2.21. The fraction of sp³-hybridized carbons (Fsp3) is 0.625. The second-order valence-electron chi connectivity index (χ2n) is 2.71. The molecule has 0 bridgehead atoms. The molecule has 0 aromatic heterocycles. The van der Waals surface area contributed by atoms with Crippen LogP contribution in [0.25, 0.3) is 0 Å². The van der Waals surface area contributed by atoms with Gasteiger partial charge in [0.05, 0.1) is 7.11 Å². The van der Waals surface area contributed by atoms with Gasteiger partial charge in [-0.2, -0.15) is 8.42 Å². The lowest BCUT2D eigenvalue weighted by molar-refractivity contribution is -0.168. The van der Waals surface area contributed by atoms with Crippen molar-refractivity contribution in [3.8, 4) is 0 Å². The Morgan fingerprint density at radius 3 is 1.83 bits per heavy atom. The number of ketones is 1. The van der Waals surface area contributed by atoms with Crippen LogP contribution in [0.1, 0.15) is 20.3 Å². The molecule has 0 aliphatic rings. The summed E-state index contributed by atoms with van der Waals surface area (Å²) in [6.07, 6.45) is -1.29. The first kappa shape index (κ1) is 19.5. The maximum atomic E-state index is 11.1. The van der Waals surface area contributed by atoms with Crippen molar-refractivity contribution in [3.05, 3.63) is 0 Å². The quantitative estimate of drug-likeness (QED) is 0.428. The molecule has 0 heterocycles. The molecule has 106 valence electrons. The Kier molecular flexibility index (Phi) is 9.87. The maximum absolute atomic E-state index is 11.1. The normalized spacial score (nSPS) is 11.6. The minimum atomic E-state index is -3.72. The van der Waals surface area contributed by atoms with Gasteiger partial charge in [-0.05, 0) is 0 Å². The van der Waals surface area contributed by atoms with Crippen LogP contribution in [-0.2, 0) is 32.1 Å². The number of ether oxygens (including phenoxy) is 2. The highest BCUT2D eigenvalue weighted by Gasteiger charge is 2.28. The smallest absolute Gasteiger partial charge is 0.355 e. The first-order chi connectivity index (χ1) is 8.02. The van der Waals surface area contributed by atoms with Crippen LogP contribution in [0.4, 0.5) is 0 Å². The molecule has 0 aromatic rings. The third-order valence-corrected chi connectivity index (χ3v) is 1.34. The monoisotopic (exact) mass is 322 g/mol. The second-order valence-corrected chi connectivity index (χ2v) is 6.38. The molecule has 0 N–H and O–H groups in total. The van der Waals surface area contributed by atoms with Gasteiger partial charge in [0.1, 0.15) is 0 Å². The highest BCUT2D eigenvalue weighted by atomic mass is 36.0. The molecular formula is C8H12Cl2O7S. The summed E-state index contributed by atoms with van der Waals surface area (Å²) in [7, 11) is 5.94. The summed E-state index contributed by atoms with van der Waals surface area (Å²) in [6, 6.07) is 0. The lowest BCUT2D eigenvalue weighted by Crippen LogP contribution is -2.35. The van der Waals surface area contributed by atoms with E-state index in [4.69, 9.17) is 8.42 Å². The van der Waals surface area contributed by atoms with Crippen LogP contribution in [0, 0.1) is 0 Å². The topological polar surface area (TPSA) is 104 Å². The minimum absolute atomic E-state index is 0.118. The Morgan fingerprint density at radius 1 is 1.22 bits per heavy atom. The molecule has 0 amide bonds. The standard InChI is InChI=1S/C8H12O5.Cl2O2S/c1-4-6(10)7(8(11)12-3)13-5(2)9;1-5(2,3)4/h7H,4H2,1-3H3;. The number of halogens is 2. The molecule has 0 fully saturated rings. The summed E-state index contributed by atoms with van der Waals surface area (Å²) in [4.78, 5) is 32.5. The van der Waals surface area contributed by atoms with E-state index in [1.165, 1.54) is 0 Å². The molecule has 7 nitrogen and oxygen atoms in total. The van der Waals surface area contributed by atoms with E-state index in [2.05, 4.69) is 30.8 Å². The first-order valence-electron chi connectivity index (χ1n) is 4.44. The van der Waals surface area contributed by atoms with Gasteiger partial charge < -0.3 is 9.47 Å². The van der Waals surface area contributed by atoms with Crippen LogP contribution in [0.2, 0.25) is 0 Å². The number of rotatable bonds is 4. The van der Waals surface area contributed by atoms with E-state index < -0.39 is 32.1 Å². The van der Waals surface area contributed by atoms with Gasteiger partial charge in [-0.1, -0.05) is 6.92 Å². The molecule has 0 aromatic carbocycles. The predicted molar refractivity (Wildman–Crippen MR) is 63.5 cm³/mol. The van der Waals surface area contributed by atoms with E-state index in [0.29, 0.717) is 0 Å². The van der Waals surface area contributed by atoms with Crippen LogP contribution in [0.15, 0.2) is 0 Å². The van der Waals surface area contributed by atoms with E-state index in [0.717, 1.165) is 14.0 Å². The predicted octanol–water partition coefficient (Wildman–Crippen LogP) is 0.779. The van der Waals surface area contributed by atoms with Crippen molar-refractivity contribution in [1.82, 2.24) is 0 Å². The fourth-order valence-electron chi connectivity index (χ4n) is 0.704. The van der Waals surface area contributed by atoms with Crippen molar-refractivity contribution < 1.29 is 32.3 Å². The Morgan fingerprint density at radius 2 is 1.61 bits per heavy atom. The van der Waals surface area contributed by atoms with E-state index in [1.807, 2.05) is 0 Å². The molecule has 10 heteroatoms. The van der Waals surface area contributed by atoms with E-state index in [1.54, 1.807) is 6.92 Å². The average molecular weight is 323 g/mol. The lowest BCUT2D eigenvalue weighted by atomic mass is 10.2. The van der Waals surface area contributed by atoms with Gasteiger partial charge in [0.2, 0.25) is 0 Å². The zero-order valence-corrected chi connectivity index (χ0v) is 12.1. The van der Waals surface area contributed by atoms with Gasteiger partial charge in [-0.15, -0.1) is 0 Å². The first-order valence-corrected chi connectivity index (χ1v) is 7.58. The SMILES string of the molecule is CCC(=O)C(OC(C)=O)C(=O)OC.O=S(=O)(Cl)Cl. The number of methoxy groups -OCH3 is 1. The highest BCUT2D eigenvalue weighted by Crippen LogP contribution is 2.00. The Labute approximate surface area is 113 Å². The molecule has 0 aliphatic heterocycles. The van der Waals surface area contributed by atoms with Gasteiger partial charge in [-0.3, -0.25) is 9.59 Å². The van der Waals surface area contributed by atoms with Crippen LogP contribution < -0.4 is 0 Å². The van der Waals surface area contributed by atoms with Crippen molar-refractivity contribution in [1.29, 1.82) is 0 Å². The summed E-state index contributed by atoms with van der Waals surface area (Å²) in [5, 5.41) is 0. The van der Waals surface area contributed by atoms with Crippen LogP contribution in [-0.4, -0.2) is 39.4 Å². The number of carbonyl (C=O) groups excluding carboxylic acids is 3. The summed E-state index contributed by atoms with van der Waals surface area (Å²) in [6.45, 7) is 2.70. The lowest BCUT2D eigenvalue weighted by Gasteiger charge is -2.11. The molecule has 0 radical (unpaired) electrons. The molecule has 0 rings (SSSR count). The van der Waals surface area contributed by atoms with Gasteiger partial charge >= 0.3 is 20.2 Å².